The van der Waals surface area contributed by atoms with Gasteiger partial charge in [-0.15, -0.1) is 0 Å². The van der Waals surface area contributed by atoms with Gasteiger partial charge in [0.1, 0.15) is 0 Å². The number of nitro groups is 1. The topological polar surface area (TPSA) is 141 Å². The first kappa shape index (κ1) is 24.8. The number of piperazine rings is 1. The van der Waals surface area contributed by atoms with Gasteiger partial charge < -0.3 is 4.90 Å². The van der Waals surface area contributed by atoms with Crippen molar-refractivity contribution >= 4 is 39.2 Å². The number of hydrogen-bond donors (Lipinski definition) is 0. The minimum Gasteiger partial charge on any atom is -0.364 e. The van der Waals surface area contributed by atoms with Crippen molar-refractivity contribution in [3.63, 3.8) is 0 Å². The number of aryl methyl sites for hydroxylation is 1. The molecule has 0 bridgehead atoms. The number of rotatable bonds is 3. The third-order valence-electron chi connectivity index (χ3n) is 7.57. The molecule has 1 spiro atoms. The summed E-state index contributed by atoms with van der Waals surface area (Å²) in [5, 5.41) is 11.4. The third kappa shape index (κ3) is 3.52. The summed E-state index contributed by atoms with van der Waals surface area (Å²) >= 11 is 0. The van der Waals surface area contributed by atoms with Crippen LogP contribution in [0.5, 0.6) is 0 Å². The average molecular weight is 528 g/mol. The molecule has 2 fully saturated rings. The monoisotopic (exact) mass is 527 g/mol. The average Bonchev–Trinajstić information content (AvgIpc) is 2.89. The normalized spacial score (nSPS) is 21.8. The molecule has 0 radical (unpaired) electrons. The van der Waals surface area contributed by atoms with E-state index in [4.69, 9.17) is 0 Å². The summed E-state index contributed by atoms with van der Waals surface area (Å²) in [6.45, 7) is 1.88. The van der Waals surface area contributed by atoms with Gasteiger partial charge in [0.2, 0.25) is 21.8 Å². The highest BCUT2D eigenvalue weighted by Gasteiger charge is 2.64. The van der Waals surface area contributed by atoms with Crippen molar-refractivity contribution in [3.05, 3.63) is 63.7 Å². The highest BCUT2D eigenvalue weighted by atomic mass is 32.2. The van der Waals surface area contributed by atoms with E-state index >= 15 is 0 Å². The van der Waals surface area contributed by atoms with Crippen molar-refractivity contribution in [3.8, 4) is 0 Å². The Morgan fingerprint density at radius 1 is 0.973 bits per heavy atom. The lowest BCUT2D eigenvalue weighted by molar-refractivity contribution is -0.384. The molecule has 3 aliphatic heterocycles. The number of hydrogen-bond acceptors (Lipinski definition) is 8. The molecular formula is C24H25N5O7S. The first-order valence-electron chi connectivity index (χ1n) is 11.6. The smallest absolute Gasteiger partial charge is 0.332 e. The number of barbiturate groups is 1. The van der Waals surface area contributed by atoms with Crippen LogP contribution in [-0.2, 0) is 26.0 Å². The molecule has 194 valence electrons. The number of amides is 4. The molecule has 0 saturated carbocycles. The fourth-order valence-corrected chi connectivity index (χ4v) is 7.03. The molecule has 3 heterocycles. The van der Waals surface area contributed by atoms with E-state index in [9.17, 15) is 32.9 Å². The predicted octanol–water partition coefficient (Wildman–Crippen LogP) is 1.38. The Morgan fingerprint density at radius 2 is 1.59 bits per heavy atom. The Bertz CT molecular complexity index is 1430. The summed E-state index contributed by atoms with van der Waals surface area (Å²) in [5.74, 6) is -1.52. The number of anilines is 1. The van der Waals surface area contributed by atoms with E-state index in [1.807, 2.05) is 6.92 Å². The number of imide groups is 2. The van der Waals surface area contributed by atoms with Gasteiger partial charge in [0, 0.05) is 58.0 Å². The lowest BCUT2D eigenvalue weighted by Gasteiger charge is -2.55. The van der Waals surface area contributed by atoms with Crippen LogP contribution >= 0.6 is 0 Å². The number of non-ortho nitro benzene ring substituents is 1. The molecular weight excluding hydrogens is 502 g/mol. The molecule has 0 aromatic heterocycles. The molecule has 37 heavy (non-hydrogen) atoms. The second-order valence-corrected chi connectivity index (χ2v) is 11.6. The van der Waals surface area contributed by atoms with Crippen LogP contribution in [0, 0.1) is 22.5 Å². The van der Waals surface area contributed by atoms with E-state index in [0.717, 1.165) is 15.4 Å². The molecule has 0 N–H and O–H groups in total. The zero-order valence-electron chi connectivity index (χ0n) is 20.4. The van der Waals surface area contributed by atoms with Gasteiger partial charge >= 0.3 is 6.03 Å². The maximum absolute atomic E-state index is 13.7. The van der Waals surface area contributed by atoms with Gasteiger partial charge in [0.25, 0.3) is 5.69 Å². The highest BCUT2D eigenvalue weighted by Crippen LogP contribution is 2.48. The SMILES string of the molecule is Cc1ccc(S(=O)(=O)N2CCN3c4ccc([N+](=O)[O-])cc4CC4(C(=O)N(C)C(=O)N(C)C4=O)[C@@H]3C2)cc1. The van der Waals surface area contributed by atoms with Gasteiger partial charge in [-0.3, -0.25) is 29.5 Å². The van der Waals surface area contributed by atoms with Crippen molar-refractivity contribution in [1.29, 1.82) is 0 Å². The predicted molar refractivity (Wildman–Crippen MR) is 131 cm³/mol. The maximum Gasteiger partial charge on any atom is 0.332 e. The lowest BCUT2D eigenvalue weighted by Crippen LogP contribution is -2.74. The number of nitro benzene ring substituents is 1. The number of benzene rings is 2. The molecule has 2 aromatic rings. The summed E-state index contributed by atoms with van der Waals surface area (Å²) in [4.78, 5) is 54.5. The number of carbonyl (C=O) groups is 3. The maximum atomic E-state index is 13.7. The van der Waals surface area contributed by atoms with Gasteiger partial charge in [-0.25, -0.2) is 13.2 Å². The van der Waals surface area contributed by atoms with Crippen molar-refractivity contribution in [1.82, 2.24) is 14.1 Å². The first-order valence-corrected chi connectivity index (χ1v) is 13.0. The van der Waals surface area contributed by atoms with Crippen molar-refractivity contribution in [2.45, 2.75) is 24.3 Å². The van der Waals surface area contributed by atoms with Crippen LogP contribution in [0.3, 0.4) is 0 Å². The van der Waals surface area contributed by atoms with Gasteiger partial charge in [0.05, 0.1) is 15.9 Å². The van der Waals surface area contributed by atoms with Gasteiger partial charge in [0.15, 0.2) is 5.41 Å². The molecule has 4 amide bonds. The van der Waals surface area contributed by atoms with Crippen LogP contribution in [0.4, 0.5) is 16.2 Å². The highest BCUT2D eigenvalue weighted by molar-refractivity contribution is 7.89. The van der Waals surface area contributed by atoms with E-state index in [1.54, 1.807) is 23.1 Å². The molecule has 5 rings (SSSR count). The Kier molecular flexibility index (Phi) is 5.60. The summed E-state index contributed by atoms with van der Waals surface area (Å²) in [7, 11) is -1.41. The van der Waals surface area contributed by atoms with Crippen LogP contribution in [0.15, 0.2) is 47.4 Å². The Labute approximate surface area is 213 Å². The molecule has 0 aliphatic carbocycles. The van der Waals surface area contributed by atoms with Crippen LogP contribution < -0.4 is 4.90 Å². The fourth-order valence-electron chi connectivity index (χ4n) is 5.60. The summed E-state index contributed by atoms with van der Waals surface area (Å²) in [6.07, 6.45) is -0.205. The zero-order valence-corrected chi connectivity index (χ0v) is 21.3. The second-order valence-electron chi connectivity index (χ2n) is 9.61. The van der Waals surface area contributed by atoms with E-state index in [-0.39, 0.29) is 36.6 Å². The summed E-state index contributed by atoms with van der Waals surface area (Å²) in [6, 6.07) is 8.92. The van der Waals surface area contributed by atoms with Gasteiger partial charge in [-0.1, -0.05) is 17.7 Å². The molecule has 0 unspecified atom stereocenters. The molecule has 12 nitrogen and oxygen atoms in total. The zero-order chi connectivity index (χ0) is 26.9. The van der Waals surface area contributed by atoms with Crippen LogP contribution in [0.2, 0.25) is 0 Å². The van der Waals surface area contributed by atoms with E-state index in [1.165, 1.54) is 42.7 Å². The number of fused-ring (bicyclic) bond motifs is 4. The Hall–Kier alpha value is -3.84. The minimum absolute atomic E-state index is 0.0756. The van der Waals surface area contributed by atoms with E-state index in [2.05, 4.69) is 0 Å². The first-order chi connectivity index (χ1) is 17.4. The van der Waals surface area contributed by atoms with Gasteiger partial charge in [-0.2, -0.15) is 4.31 Å². The standard InChI is InChI=1S/C24H25N5O7S/c1-15-4-7-18(8-5-15)37(35,36)27-10-11-28-19-9-6-17(29(33)34)12-16(19)13-24(20(28)14-27)21(30)25(2)23(32)26(3)22(24)31/h4-9,12,20H,10-11,13-14H2,1-3H3/t20-/m0/s1. The minimum atomic E-state index is -3.95. The van der Waals surface area contributed by atoms with Gasteiger partial charge in [-0.05, 0) is 30.7 Å². The van der Waals surface area contributed by atoms with Crippen LogP contribution in [0.1, 0.15) is 11.1 Å². The third-order valence-corrected chi connectivity index (χ3v) is 9.45. The molecule has 3 aliphatic rings. The molecule has 2 aromatic carbocycles. The molecule has 2 saturated heterocycles. The largest absolute Gasteiger partial charge is 0.364 e. The van der Waals surface area contributed by atoms with Crippen molar-refractivity contribution < 1.29 is 27.7 Å². The number of nitrogens with zero attached hydrogens (tertiary/aromatic N) is 5. The lowest BCUT2D eigenvalue weighted by atomic mass is 9.67. The number of sulfonamides is 1. The van der Waals surface area contributed by atoms with E-state index in [0.29, 0.717) is 11.3 Å². The summed E-state index contributed by atoms with van der Waals surface area (Å²) in [5.41, 5.74) is -0.132. The van der Waals surface area contributed by atoms with E-state index < -0.39 is 44.2 Å². The quantitative estimate of drug-likeness (QED) is 0.331. The Balaban J connectivity index is 1.65. The molecule has 1 atom stereocenters. The Morgan fingerprint density at radius 3 is 2.19 bits per heavy atom. The fraction of sp³-hybridized carbons (Fsp3) is 0.375. The summed E-state index contributed by atoms with van der Waals surface area (Å²) < 4.78 is 28.3. The second kappa shape index (κ2) is 8.35. The van der Waals surface area contributed by atoms with Crippen molar-refractivity contribution in [2.24, 2.45) is 5.41 Å². The molecule has 13 heteroatoms. The number of urea groups is 1. The van der Waals surface area contributed by atoms with Crippen LogP contribution in [-0.4, -0.2) is 85.1 Å². The van der Waals surface area contributed by atoms with Crippen LogP contribution in [0.25, 0.3) is 0 Å². The number of carbonyl (C=O) groups excluding carboxylic acids is 3. The van der Waals surface area contributed by atoms with Crippen molar-refractivity contribution in [2.75, 3.05) is 38.6 Å².